The van der Waals surface area contributed by atoms with Crippen molar-refractivity contribution in [2.75, 3.05) is 16.4 Å². The number of ether oxygens (including phenoxy) is 1. The number of nitrogens with zero attached hydrogens (tertiary/aromatic N) is 2. The van der Waals surface area contributed by atoms with Crippen LogP contribution in [0.3, 0.4) is 0 Å². The van der Waals surface area contributed by atoms with Crippen LogP contribution < -0.4 is 11.1 Å². The van der Waals surface area contributed by atoms with Crippen LogP contribution in [0.2, 0.25) is 0 Å². The number of benzene rings is 1. The Hall–Kier alpha value is -2.35. The van der Waals surface area contributed by atoms with E-state index in [1.165, 1.54) is 10.8 Å². The summed E-state index contributed by atoms with van der Waals surface area (Å²) in [6, 6.07) is 7.18. The molecule has 0 bridgehead atoms. The molecule has 2 aromatic rings. The minimum Gasteiger partial charge on any atom is -0.443 e. The highest BCUT2D eigenvalue weighted by molar-refractivity contribution is 9.09. The number of nitrogens with two attached hydrogens (primary N) is 1. The van der Waals surface area contributed by atoms with E-state index in [-0.39, 0.29) is 11.9 Å². The number of nitrogen functional groups attached to an aromatic ring is 1. The molecule has 1 aromatic carbocycles. The average molecular weight is 451 g/mol. The highest BCUT2D eigenvalue weighted by Gasteiger charge is 2.22. The second kappa shape index (κ2) is 9.73. The van der Waals surface area contributed by atoms with Gasteiger partial charge in [-0.1, -0.05) is 34.5 Å². The number of carbonyl (C=O) groups excluding carboxylic acids is 2. The van der Waals surface area contributed by atoms with Crippen molar-refractivity contribution in [3.8, 4) is 11.3 Å². The third-order valence-electron chi connectivity index (χ3n) is 3.87. The molecule has 8 heteroatoms. The summed E-state index contributed by atoms with van der Waals surface area (Å²) in [5, 5.41) is 3.84. The van der Waals surface area contributed by atoms with Crippen LogP contribution in [-0.4, -0.2) is 32.5 Å². The molecular weight excluding hydrogens is 424 g/mol. The van der Waals surface area contributed by atoms with E-state index < -0.39 is 11.7 Å². The first-order chi connectivity index (χ1) is 13.2. The van der Waals surface area contributed by atoms with Gasteiger partial charge in [-0.25, -0.2) is 14.3 Å². The minimum atomic E-state index is -0.645. The third-order valence-corrected chi connectivity index (χ3v) is 4.43. The lowest BCUT2D eigenvalue weighted by atomic mass is 10.1. The quantitative estimate of drug-likeness (QED) is 0.465. The molecule has 1 amide bonds. The number of carbonyl (C=O) groups is 2. The third kappa shape index (κ3) is 6.37. The molecule has 0 aliphatic heterocycles. The molecule has 1 aromatic heterocycles. The largest absolute Gasteiger partial charge is 0.443 e. The van der Waals surface area contributed by atoms with Crippen LogP contribution >= 0.6 is 15.9 Å². The molecule has 1 heterocycles. The topological polar surface area (TPSA) is 99.2 Å². The summed E-state index contributed by atoms with van der Waals surface area (Å²) < 4.78 is 6.64. The van der Waals surface area contributed by atoms with Gasteiger partial charge in [0.05, 0.1) is 11.9 Å². The van der Waals surface area contributed by atoms with Crippen molar-refractivity contribution < 1.29 is 14.3 Å². The molecule has 0 unspecified atom stereocenters. The fourth-order valence-corrected chi connectivity index (χ4v) is 2.97. The maximum Gasteiger partial charge on any atom is 0.421 e. The summed E-state index contributed by atoms with van der Waals surface area (Å²) in [4.78, 5) is 28.5. The lowest BCUT2D eigenvalue weighted by Crippen LogP contribution is -2.28. The second-order valence-corrected chi connectivity index (χ2v) is 8.24. The normalized spacial score (nSPS) is 11.3. The number of hydrogen-bond donors (Lipinski definition) is 2. The van der Waals surface area contributed by atoms with Crippen LogP contribution in [0.15, 0.2) is 30.5 Å². The Morgan fingerprint density at radius 1 is 1.18 bits per heavy atom. The molecule has 0 aliphatic rings. The SMILES string of the molecule is CC(C)(C)OC(=O)n1c(-c2ccc(NC(=O)CCCCCBr)cc2)cnc1N. The van der Waals surface area contributed by atoms with Crippen molar-refractivity contribution in [1.29, 1.82) is 0 Å². The van der Waals surface area contributed by atoms with Crippen molar-refractivity contribution >= 4 is 39.6 Å². The molecule has 0 atom stereocenters. The summed E-state index contributed by atoms with van der Waals surface area (Å²) in [6.07, 6.45) is 4.39. The number of aromatic nitrogens is 2. The molecular formula is C20H27BrN4O3. The van der Waals surface area contributed by atoms with Gasteiger partial charge in [0.15, 0.2) is 0 Å². The minimum absolute atomic E-state index is 0.00892. The highest BCUT2D eigenvalue weighted by Crippen LogP contribution is 2.25. The van der Waals surface area contributed by atoms with Gasteiger partial charge in [-0.3, -0.25) is 4.79 Å². The molecule has 7 nitrogen and oxygen atoms in total. The number of nitrogens with one attached hydrogen (secondary N) is 1. The summed E-state index contributed by atoms with van der Waals surface area (Å²) in [7, 11) is 0. The maximum atomic E-state index is 12.5. The van der Waals surface area contributed by atoms with Crippen molar-refractivity contribution in [2.24, 2.45) is 0 Å². The number of unbranched alkanes of at least 4 members (excludes halogenated alkanes) is 2. The van der Waals surface area contributed by atoms with Gasteiger partial charge in [0, 0.05) is 23.0 Å². The lowest BCUT2D eigenvalue weighted by molar-refractivity contribution is -0.116. The first-order valence-corrected chi connectivity index (χ1v) is 10.4. The summed E-state index contributed by atoms with van der Waals surface area (Å²) in [5.41, 5.74) is 7.18. The molecule has 0 spiro atoms. The van der Waals surface area contributed by atoms with Crippen LogP contribution in [-0.2, 0) is 9.53 Å². The van der Waals surface area contributed by atoms with Crippen LogP contribution in [0, 0.1) is 0 Å². The van der Waals surface area contributed by atoms with E-state index in [4.69, 9.17) is 10.5 Å². The Labute approximate surface area is 173 Å². The van der Waals surface area contributed by atoms with Gasteiger partial charge >= 0.3 is 6.09 Å². The Morgan fingerprint density at radius 2 is 1.86 bits per heavy atom. The Balaban J connectivity index is 2.08. The van der Waals surface area contributed by atoms with Gasteiger partial charge in [-0.15, -0.1) is 0 Å². The Bertz CT molecular complexity index is 810. The smallest absolute Gasteiger partial charge is 0.421 e. The molecule has 2 rings (SSSR count). The van der Waals surface area contributed by atoms with Crippen molar-refractivity contribution in [2.45, 2.75) is 52.1 Å². The zero-order valence-corrected chi connectivity index (χ0v) is 18.1. The molecule has 0 aliphatic carbocycles. The molecule has 3 N–H and O–H groups in total. The van der Waals surface area contributed by atoms with Crippen LogP contribution in [0.1, 0.15) is 46.5 Å². The van der Waals surface area contributed by atoms with Crippen molar-refractivity contribution in [1.82, 2.24) is 9.55 Å². The fourth-order valence-electron chi connectivity index (χ4n) is 2.57. The van der Waals surface area contributed by atoms with Crippen LogP contribution in [0.4, 0.5) is 16.4 Å². The standard InChI is InChI=1S/C20H27BrN4O3/c1-20(2,3)28-19(27)25-16(13-23-18(25)22)14-8-10-15(11-9-14)24-17(26)7-5-4-6-12-21/h8-11,13H,4-7,12H2,1-3H3,(H2,22,23)(H,24,26). The number of hydrogen-bond acceptors (Lipinski definition) is 5. The van der Waals surface area contributed by atoms with Gasteiger partial charge in [-0.2, -0.15) is 0 Å². The Morgan fingerprint density at radius 3 is 2.46 bits per heavy atom. The molecule has 28 heavy (non-hydrogen) atoms. The van der Waals surface area contributed by atoms with E-state index >= 15 is 0 Å². The zero-order chi connectivity index (χ0) is 20.7. The van der Waals surface area contributed by atoms with E-state index in [1.807, 2.05) is 0 Å². The average Bonchev–Trinajstić information content (AvgIpc) is 3.00. The zero-order valence-electron chi connectivity index (χ0n) is 16.5. The fraction of sp³-hybridized carbons (Fsp3) is 0.450. The van der Waals surface area contributed by atoms with Gasteiger partial charge in [0.25, 0.3) is 0 Å². The van der Waals surface area contributed by atoms with Crippen molar-refractivity contribution in [3.05, 3.63) is 30.5 Å². The predicted molar refractivity (Wildman–Crippen MR) is 115 cm³/mol. The first-order valence-electron chi connectivity index (χ1n) is 9.24. The number of amides is 1. The number of anilines is 2. The number of alkyl halides is 1. The van der Waals surface area contributed by atoms with E-state index in [9.17, 15) is 9.59 Å². The summed E-state index contributed by atoms with van der Waals surface area (Å²) >= 11 is 3.38. The number of halogens is 1. The molecule has 0 saturated heterocycles. The summed E-state index contributed by atoms with van der Waals surface area (Å²) in [5.74, 6) is 0.0514. The highest BCUT2D eigenvalue weighted by atomic mass is 79.9. The van der Waals surface area contributed by atoms with Gasteiger partial charge in [0.2, 0.25) is 11.9 Å². The number of rotatable bonds is 7. The lowest BCUT2D eigenvalue weighted by Gasteiger charge is -2.20. The maximum absolute atomic E-state index is 12.5. The van der Waals surface area contributed by atoms with Crippen LogP contribution in [0.25, 0.3) is 11.3 Å². The molecule has 0 fully saturated rings. The molecule has 152 valence electrons. The second-order valence-electron chi connectivity index (χ2n) is 7.44. The molecule has 0 saturated carbocycles. The van der Waals surface area contributed by atoms with E-state index in [0.29, 0.717) is 17.8 Å². The van der Waals surface area contributed by atoms with E-state index in [0.717, 1.165) is 30.2 Å². The number of imidazole rings is 1. The van der Waals surface area contributed by atoms with Gasteiger partial charge in [0.1, 0.15) is 5.60 Å². The van der Waals surface area contributed by atoms with Crippen LogP contribution in [0.5, 0.6) is 0 Å². The first kappa shape index (κ1) is 21.9. The molecule has 0 radical (unpaired) electrons. The summed E-state index contributed by atoms with van der Waals surface area (Å²) in [6.45, 7) is 5.36. The van der Waals surface area contributed by atoms with E-state index in [2.05, 4.69) is 26.2 Å². The van der Waals surface area contributed by atoms with Gasteiger partial charge < -0.3 is 15.8 Å². The predicted octanol–water partition coefficient (Wildman–Crippen LogP) is 4.81. The monoisotopic (exact) mass is 450 g/mol. The van der Waals surface area contributed by atoms with Gasteiger partial charge in [-0.05, 0) is 45.7 Å². The Kier molecular flexibility index (Phi) is 7.62. The van der Waals surface area contributed by atoms with Crippen molar-refractivity contribution in [3.63, 3.8) is 0 Å². The van der Waals surface area contributed by atoms with E-state index in [1.54, 1.807) is 45.0 Å².